The molecule has 1 aromatic carbocycles. The third kappa shape index (κ3) is 2.77. The van der Waals surface area contributed by atoms with Crippen LogP contribution in [0.3, 0.4) is 0 Å². The van der Waals surface area contributed by atoms with Crippen LogP contribution >= 0.6 is 12.4 Å². The Morgan fingerprint density at radius 1 is 1.15 bits per heavy atom. The summed E-state index contributed by atoms with van der Waals surface area (Å²) in [6.07, 6.45) is -4.59. The van der Waals surface area contributed by atoms with Crippen LogP contribution in [0.25, 0.3) is 0 Å². The largest absolute Gasteiger partial charge is 0.418 e. The number of hydrogen-bond acceptors (Lipinski definition) is 1. The standard InChI is InChI=1S/C7H5F4N.ClH/c8-4-1-2-6(12)5(3-4)7(9,10)11;/h1-3H,12H2;1H/i1+1,2+1,3+1,4+1,5+1,6+1;. The Kier molecular flexibility index (Phi) is 3.54. The van der Waals surface area contributed by atoms with Crippen molar-refractivity contribution < 1.29 is 17.6 Å². The van der Waals surface area contributed by atoms with E-state index in [0.717, 1.165) is 12.1 Å². The van der Waals surface area contributed by atoms with Gasteiger partial charge < -0.3 is 5.73 Å². The van der Waals surface area contributed by atoms with Crippen molar-refractivity contribution in [2.45, 2.75) is 6.18 Å². The first kappa shape index (κ1) is 12.0. The number of nitrogens with two attached hydrogens (primary N) is 1. The van der Waals surface area contributed by atoms with E-state index in [9.17, 15) is 17.6 Å². The molecule has 6 heteroatoms. The van der Waals surface area contributed by atoms with Crippen LogP contribution in [-0.2, 0) is 6.18 Å². The quantitative estimate of drug-likeness (QED) is 0.529. The molecule has 0 atom stereocenters. The zero-order chi connectivity index (χ0) is 9.35. The summed E-state index contributed by atoms with van der Waals surface area (Å²) in [6, 6.07) is 2.14. The molecule has 0 bridgehead atoms. The van der Waals surface area contributed by atoms with Crippen LogP contribution in [0, 0.1) is 5.82 Å². The van der Waals surface area contributed by atoms with E-state index < -0.39 is 23.2 Å². The van der Waals surface area contributed by atoms with Gasteiger partial charge in [-0.3, -0.25) is 0 Å². The third-order valence-electron chi connectivity index (χ3n) is 1.32. The molecule has 0 spiro atoms. The second kappa shape index (κ2) is 3.83. The fourth-order valence-corrected chi connectivity index (χ4v) is 0.774. The molecule has 2 N–H and O–H groups in total. The Balaban J connectivity index is 0.00000144. The number of hydrogen-bond donors (Lipinski definition) is 1. The van der Waals surface area contributed by atoms with Crippen LogP contribution in [0.5, 0.6) is 0 Å². The average Bonchev–Trinajstić information content (AvgIpc) is 1.92. The SMILES string of the molecule is Cl.N[13c]1[13cH][13cH][13c](F)[13cH][13c]1C(F)(F)F. The highest BCUT2D eigenvalue weighted by atomic mass is 35.5. The summed E-state index contributed by atoms with van der Waals surface area (Å²) in [4.78, 5) is 0. The number of rotatable bonds is 0. The van der Waals surface area contributed by atoms with E-state index in [2.05, 4.69) is 0 Å². The van der Waals surface area contributed by atoms with E-state index >= 15 is 0 Å². The molecule has 0 radical (unpaired) electrons. The molecule has 0 saturated carbocycles. The summed E-state index contributed by atoms with van der Waals surface area (Å²) in [5.41, 5.74) is 3.38. The first-order chi connectivity index (χ1) is 5.41. The molecule has 0 fully saturated rings. The molecular weight excluding hydrogens is 215 g/mol. The van der Waals surface area contributed by atoms with Gasteiger partial charge in [-0.15, -0.1) is 12.4 Å². The molecule has 1 rings (SSSR count). The van der Waals surface area contributed by atoms with Gasteiger partial charge in [0, 0.05) is 5.69 Å². The fraction of sp³-hybridized carbons (Fsp3) is 0.143. The Hall–Kier alpha value is -0.970. The van der Waals surface area contributed by atoms with Crippen LogP contribution < -0.4 is 5.73 Å². The molecule has 0 aromatic heterocycles. The number of anilines is 1. The van der Waals surface area contributed by atoms with Gasteiger partial charge in [-0.25, -0.2) is 4.39 Å². The normalized spacial score (nSPS) is 10.8. The number of nitrogen functional groups attached to an aromatic ring is 1. The van der Waals surface area contributed by atoms with Crippen molar-refractivity contribution in [2.24, 2.45) is 0 Å². The van der Waals surface area contributed by atoms with Crippen LogP contribution in [-0.4, -0.2) is 0 Å². The van der Waals surface area contributed by atoms with E-state index in [1.807, 2.05) is 0 Å². The highest BCUT2D eigenvalue weighted by Gasteiger charge is 2.33. The van der Waals surface area contributed by atoms with E-state index in [-0.39, 0.29) is 12.4 Å². The summed E-state index contributed by atoms with van der Waals surface area (Å²) in [6.45, 7) is 0. The fourth-order valence-electron chi connectivity index (χ4n) is 0.774. The molecule has 0 aliphatic rings. The Bertz CT molecular complexity index is 297. The predicted octanol–water partition coefficient (Wildman–Crippen LogP) is 2.85. The zero-order valence-electron chi connectivity index (χ0n) is 6.23. The first-order valence-corrected chi connectivity index (χ1v) is 3.03. The van der Waals surface area contributed by atoms with Gasteiger partial charge in [0.15, 0.2) is 0 Å². The molecule has 0 saturated heterocycles. The maximum Gasteiger partial charge on any atom is 0.418 e. The van der Waals surface area contributed by atoms with Gasteiger partial charge in [-0.2, -0.15) is 13.2 Å². The summed E-state index contributed by atoms with van der Waals surface area (Å²) in [7, 11) is 0. The Labute approximate surface area is 78.0 Å². The van der Waals surface area contributed by atoms with Crippen molar-refractivity contribution >= 4 is 18.1 Å². The second-order valence-corrected chi connectivity index (χ2v) is 2.23. The summed E-state index contributed by atoms with van der Waals surface area (Å²) in [5.74, 6) is -0.948. The maximum atomic E-state index is 12.3. The van der Waals surface area contributed by atoms with Gasteiger partial charge in [0.25, 0.3) is 0 Å². The minimum absolute atomic E-state index is 0. The monoisotopic (exact) mass is 221 g/mol. The highest BCUT2D eigenvalue weighted by molar-refractivity contribution is 5.85. The minimum Gasteiger partial charge on any atom is -0.398 e. The zero-order valence-corrected chi connectivity index (χ0v) is 7.05. The van der Waals surface area contributed by atoms with E-state index in [0.29, 0.717) is 6.07 Å². The number of benzene rings is 1. The second-order valence-electron chi connectivity index (χ2n) is 2.23. The molecule has 13 heavy (non-hydrogen) atoms. The summed E-state index contributed by atoms with van der Waals surface area (Å²) in [5, 5.41) is 0. The maximum absolute atomic E-state index is 12.3. The molecule has 0 aliphatic carbocycles. The van der Waals surface area contributed by atoms with Crippen molar-refractivity contribution in [3.05, 3.63) is 29.6 Å². The van der Waals surface area contributed by atoms with Gasteiger partial charge in [0.2, 0.25) is 0 Å². The van der Waals surface area contributed by atoms with Crippen molar-refractivity contribution in [3.8, 4) is 0 Å². The molecule has 1 aromatic rings. The average molecular weight is 222 g/mol. The van der Waals surface area contributed by atoms with Crippen LogP contribution in [0.4, 0.5) is 23.2 Å². The topological polar surface area (TPSA) is 26.0 Å². The van der Waals surface area contributed by atoms with E-state index in [1.165, 1.54) is 0 Å². The van der Waals surface area contributed by atoms with Gasteiger partial charge in [0.05, 0.1) is 5.56 Å². The van der Waals surface area contributed by atoms with Crippen LogP contribution in [0.2, 0.25) is 0 Å². The molecule has 1 nitrogen and oxygen atoms in total. The van der Waals surface area contributed by atoms with E-state index in [1.54, 1.807) is 0 Å². The molecule has 74 valence electrons. The van der Waals surface area contributed by atoms with Gasteiger partial charge >= 0.3 is 6.18 Å². The molecule has 0 unspecified atom stereocenters. The molecule has 0 heterocycles. The lowest BCUT2D eigenvalue weighted by atomic mass is 10.9. The van der Waals surface area contributed by atoms with Crippen molar-refractivity contribution in [1.82, 2.24) is 0 Å². The minimum atomic E-state index is -4.59. The van der Waals surface area contributed by atoms with Crippen molar-refractivity contribution in [2.75, 3.05) is 5.73 Å². The molecule has 0 aliphatic heterocycles. The van der Waals surface area contributed by atoms with Gasteiger partial charge in [0.1, 0.15) is 5.82 Å². The van der Waals surface area contributed by atoms with Crippen LogP contribution in [0.1, 0.15) is 5.56 Å². The summed E-state index contributed by atoms with van der Waals surface area (Å²) >= 11 is 0. The number of halogens is 5. The number of alkyl halides is 3. The third-order valence-corrected chi connectivity index (χ3v) is 1.32. The van der Waals surface area contributed by atoms with Gasteiger partial charge in [-0.1, -0.05) is 0 Å². The van der Waals surface area contributed by atoms with Crippen molar-refractivity contribution in [1.29, 1.82) is 0 Å². The first-order valence-electron chi connectivity index (χ1n) is 3.03. The van der Waals surface area contributed by atoms with Crippen LogP contribution in [0.15, 0.2) is 18.2 Å². The predicted molar refractivity (Wildman–Crippen MR) is 43.1 cm³/mol. The van der Waals surface area contributed by atoms with Crippen molar-refractivity contribution in [3.63, 3.8) is 0 Å². The Morgan fingerprint density at radius 3 is 2.08 bits per heavy atom. The lowest BCUT2D eigenvalue weighted by molar-refractivity contribution is -0.137. The van der Waals surface area contributed by atoms with E-state index in [4.69, 9.17) is 5.73 Å². The van der Waals surface area contributed by atoms with Gasteiger partial charge in [-0.05, 0) is 18.2 Å². The summed E-state index contributed by atoms with van der Waals surface area (Å²) < 4.78 is 48.3. The lowest BCUT2D eigenvalue weighted by Crippen LogP contribution is -2.09. The lowest BCUT2D eigenvalue weighted by Gasteiger charge is -2.08. The molecular formula is C7H6ClF4N. The molecule has 0 amide bonds. The Morgan fingerprint density at radius 2 is 1.69 bits per heavy atom. The highest BCUT2D eigenvalue weighted by Crippen LogP contribution is 2.33. The smallest absolute Gasteiger partial charge is 0.398 e.